The second kappa shape index (κ2) is 4.44. The van der Waals surface area contributed by atoms with Crippen LogP contribution in [0.25, 0.3) is 0 Å². The number of benzene rings is 1. The van der Waals surface area contributed by atoms with Crippen molar-refractivity contribution in [3.05, 3.63) is 35.4 Å². The van der Waals surface area contributed by atoms with E-state index in [0.717, 1.165) is 19.3 Å². The zero-order valence-corrected chi connectivity index (χ0v) is 10.9. The second-order valence-corrected chi connectivity index (χ2v) is 6.32. The van der Waals surface area contributed by atoms with E-state index in [1.165, 1.54) is 18.2 Å². The van der Waals surface area contributed by atoms with Crippen LogP contribution >= 0.6 is 15.9 Å². The second-order valence-electron chi connectivity index (χ2n) is 5.03. The molecule has 0 N–H and O–H groups in total. The maximum absolute atomic E-state index is 13.5. The summed E-state index contributed by atoms with van der Waals surface area (Å²) in [6.45, 7) is 2.11. The van der Waals surface area contributed by atoms with Gasteiger partial charge in [0, 0.05) is 10.4 Å². The lowest BCUT2D eigenvalue weighted by atomic mass is 9.82. The molecule has 2 rings (SSSR count). The minimum absolute atomic E-state index is 0.0250. The Morgan fingerprint density at radius 3 is 2.50 bits per heavy atom. The summed E-state index contributed by atoms with van der Waals surface area (Å²) >= 11 is 3.58. The molecular weight excluding hydrogens is 274 g/mol. The smallest absolute Gasteiger partial charge is 0.129 e. The molecule has 0 amide bonds. The Morgan fingerprint density at radius 2 is 2.00 bits per heavy atom. The normalized spacial score (nSPS) is 29.6. The fraction of sp³-hybridized carbons (Fsp3) is 0.538. The van der Waals surface area contributed by atoms with Gasteiger partial charge in [0.1, 0.15) is 11.6 Å². The molecule has 1 fully saturated rings. The molecule has 1 saturated carbocycles. The van der Waals surface area contributed by atoms with Crippen LogP contribution in [0.4, 0.5) is 8.78 Å². The first-order chi connectivity index (χ1) is 7.50. The number of hydrogen-bond donors (Lipinski definition) is 0. The van der Waals surface area contributed by atoms with Gasteiger partial charge in [0.05, 0.1) is 0 Å². The van der Waals surface area contributed by atoms with Crippen molar-refractivity contribution >= 4 is 15.9 Å². The van der Waals surface area contributed by atoms with Crippen LogP contribution in [0.3, 0.4) is 0 Å². The molecule has 1 aliphatic rings. The molecule has 0 radical (unpaired) electrons. The molecule has 0 bridgehead atoms. The number of hydrogen-bond acceptors (Lipinski definition) is 0. The molecule has 0 aromatic heterocycles. The summed E-state index contributed by atoms with van der Waals surface area (Å²) in [5, 5.41) is 0. The van der Waals surface area contributed by atoms with Gasteiger partial charge in [-0.1, -0.05) is 28.9 Å². The molecular formula is C13H15BrF2. The Hall–Kier alpha value is -0.440. The minimum Gasteiger partial charge on any atom is -0.207 e. The molecule has 1 aromatic carbocycles. The Labute approximate surface area is 103 Å². The van der Waals surface area contributed by atoms with Crippen LogP contribution in [-0.4, -0.2) is 4.83 Å². The fourth-order valence-corrected chi connectivity index (χ4v) is 3.54. The van der Waals surface area contributed by atoms with E-state index >= 15 is 0 Å². The van der Waals surface area contributed by atoms with E-state index < -0.39 is 11.6 Å². The third kappa shape index (κ3) is 2.45. The SMILES string of the molecule is CC1(Cc2c(F)cccc2F)CCC(Br)C1. The van der Waals surface area contributed by atoms with Gasteiger partial charge in [0.2, 0.25) is 0 Å². The lowest BCUT2D eigenvalue weighted by Gasteiger charge is -2.24. The molecule has 16 heavy (non-hydrogen) atoms. The van der Waals surface area contributed by atoms with Gasteiger partial charge in [0.25, 0.3) is 0 Å². The highest BCUT2D eigenvalue weighted by Crippen LogP contribution is 2.44. The summed E-state index contributed by atoms with van der Waals surface area (Å²) < 4.78 is 27.0. The van der Waals surface area contributed by atoms with E-state index in [1.807, 2.05) is 0 Å². The molecule has 0 spiro atoms. The molecule has 0 heterocycles. The van der Waals surface area contributed by atoms with Crippen molar-refractivity contribution in [3.63, 3.8) is 0 Å². The van der Waals surface area contributed by atoms with Crippen molar-refractivity contribution in [2.75, 3.05) is 0 Å². The zero-order chi connectivity index (χ0) is 11.8. The van der Waals surface area contributed by atoms with Crippen molar-refractivity contribution < 1.29 is 8.78 Å². The van der Waals surface area contributed by atoms with E-state index in [2.05, 4.69) is 22.9 Å². The average molecular weight is 289 g/mol. The third-order valence-electron chi connectivity index (χ3n) is 3.44. The molecule has 2 unspecified atom stereocenters. The van der Waals surface area contributed by atoms with Gasteiger partial charge in [-0.2, -0.15) is 0 Å². The van der Waals surface area contributed by atoms with E-state index in [0.29, 0.717) is 11.2 Å². The van der Waals surface area contributed by atoms with Crippen molar-refractivity contribution in [3.8, 4) is 0 Å². The van der Waals surface area contributed by atoms with Crippen LogP contribution < -0.4 is 0 Å². The summed E-state index contributed by atoms with van der Waals surface area (Å²) in [6.07, 6.45) is 3.59. The monoisotopic (exact) mass is 288 g/mol. The largest absolute Gasteiger partial charge is 0.207 e. The molecule has 0 aliphatic heterocycles. The number of rotatable bonds is 2. The van der Waals surface area contributed by atoms with Gasteiger partial charge in [-0.25, -0.2) is 8.78 Å². The van der Waals surface area contributed by atoms with Crippen LogP contribution in [0.15, 0.2) is 18.2 Å². The first-order valence-corrected chi connectivity index (χ1v) is 6.49. The third-order valence-corrected chi connectivity index (χ3v) is 4.22. The molecule has 88 valence electrons. The topological polar surface area (TPSA) is 0 Å². The van der Waals surface area contributed by atoms with Crippen LogP contribution in [0.1, 0.15) is 31.7 Å². The Bertz CT molecular complexity index is 371. The number of alkyl halides is 1. The minimum atomic E-state index is -0.417. The van der Waals surface area contributed by atoms with Crippen molar-refractivity contribution in [1.29, 1.82) is 0 Å². The van der Waals surface area contributed by atoms with Gasteiger partial charge < -0.3 is 0 Å². The molecule has 1 aromatic rings. The van der Waals surface area contributed by atoms with Gasteiger partial charge >= 0.3 is 0 Å². The van der Waals surface area contributed by atoms with Crippen LogP contribution in [0.2, 0.25) is 0 Å². The highest BCUT2D eigenvalue weighted by atomic mass is 79.9. The first kappa shape index (κ1) is 12.0. The average Bonchev–Trinajstić information content (AvgIpc) is 2.53. The molecule has 2 atom stereocenters. The van der Waals surface area contributed by atoms with Gasteiger partial charge in [-0.3, -0.25) is 0 Å². The maximum atomic E-state index is 13.5. The highest BCUT2D eigenvalue weighted by molar-refractivity contribution is 9.09. The Balaban J connectivity index is 2.21. The molecule has 3 heteroatoms. The van der Waals surface area contributed by atoms with E-state index in [-0.39, 0.29) is 11.0 Å². The molecule has 0 nitrogen and oxygen atoms in total. The Morgan fingerprint density at radius 1 is 1.38 bits per heavy atom. The number of halogens is 3. The predicted octanol–water partition coefficient (Wildman–Crippen LogP) is 4.46. The van der Waals surface area contributed by atoms with Gasteiger partial charge in [0.15, 0.2) is 0 Å². The van der Waals surface area contributed by atoms with Crippen molar-refractivity contribution in [2.24, 2.45) is 5.41 Å². The maximum Gasteiger partial charge on any atom is 0.129 e. The van der Waals surface area contributed by atoms with Crippen molar-refractivity contribution in [2.45, 2.75) is 37.4 Å². The van der Waals surface area contributed by atoms with E-state index in [1.54, 1.807) is 0 Å². The lowest BCUT2D eigenvalue weighted by Crippen LogP contribution is -2.17. The van der Waals surface area contributed by atoms with Crippen LogP contribution in [0.5, 0.6) is 0 Å². The molecule has 0 saturated heterocycles. The highest BCUT2D eigenvalue weighted by Gasteiger charge is 2.35. The van der Waals surface area contributed by atoms with Gasteiger partial charge in [-0.15, -0.1) is 0 Å². The lowest BCUT2D eigenvalue weighted by molar-refractivity contribution is 0.324. The first-order valence-electron chi connectivity index (χ1n) is 5.57. The van der Waals surface area contributed by atoms with Crippen LogP contribution in [-0.2, 0) is 6.42 Å². The van der Waals surface area contributed by atoms with Crippen molar-refractivity contribution in [1.82, 2.24) is 0 Å². The quantitative estimate of drug-likeness (QED) is 0.705. The van der Waals surface area contributed by atoms with E-state index in [9.17, 15) is 8.78 Å². The predicted molar refractivity (Wildman–Crippen MR) is 64.7 cm³/mol. The van der Waals surface area contributed by atoms with Crippen LogP contribution in [0, 0.1) is 17.0 Å². The van der Waals surface area contributed by atoms with Gasteiger partial charge in [-0.05, 0) is 43.2 Å². The summed E-state index contributed by atoms with van der Waals surface area (Å²) in [4.78, 5) is 0.493. The zero-order valence-electron chi connectivity index (χ0n) is 9.27. The fourth-order valence-electron chi connectivity index (χ4n) is 2.53. The Kier molecular flexibility index (Phi) is 3.34. The molecule has 1 aliphatic carbocycles. The standard InChI is InChI=1S/C13H15BrF2/c1-13(6-5-9(14)7-13)8-10-11(15)3-2-4-12(10)16/h2-4,9H,5-8H2,1H3. The summed E-state index contributed by atoms with van der Waals surface area (Å²) in [5.74, 6) is -0.835. The summed E-state index contributed by atoms with van der Waals surface area (Å²) in [6, 6.07) is 4.09. The summed E-state index contributed by atoms with van der Waals surface area (Å²) in [7, 11) is 0. The van der Waals surface area contributed by atoms with E-state index in [4.69, 9.17) is 0 Å². The summed E-state index contributed by atoms with van der Waals surface area (Å²) in [5.41, 5.74) is 0.267.